The number of aliphatic hydroxyl groups excluding tert-OH is 1. The average Bonchev–Trinajstić information content (AvgIpc) is 2.63. The highest BCUT2D eigenvalue weighted by Crippen LogP contribution is 2.34. The van der Waals surface area contributed by atoms with Crippen LogP contribution in [0.2, 0.25) is 0 Å². The molecule has 2 nitrogen and oxygen atoms in total. The van der Waals surface area contributed by atoms with Gasteiger partial charge in [0.15, 0.2) is 5.67 Å². The van der Waals surface area contributed by atoms with Crippen molar-refractivity contribution in [1.29, 1.82) is 0 Å². The summed E-state index contributed by atoms with van der Waals surface area (Å²) in [6.07, 6.45) is 0. The third kappa shape index (κ3) is 1.53. The van der Waals surface area contributed by atoms with Gasteiger partial charge < -0.3 is 10.4 Å². The Labute approximate surface area is 82.8 Å². The summed E-state index contributed by atoms with van der Waals surface area (Å²) < 4.78 is 14.1. The molecule has 76 valence electrons. The quantitative estimate of drug-likeness (QED) is 0.740. The summed E-state index contributed by atoms with van der Waals surface area (Å²) >= 11 is 0. The summed E-state index contributed by atoms with van der Waals surface area (Å²) in [5, 5.41) is 12.0. The normalized spacial score (nSPS) is 32.0. The first-order valence-corrected chi connectivity index (χ1v) is 4.82. The Morgan fingerprint density at radius 1 is 1.43 bits per heavy atom. The van der Waals surface area contributed by atoms with E-state index < -0.39 is 12.3 Å². The molecule has 0 amide bonds. The molecule has 1 aromatic carbocycles. The second kappa shape index (κ2) is 3.67. The Hall–Kier alpha value is -0.930. The van der Waals surface area contributed by atoms with Crippen LogP contribution in [-0.4, -0.2) is 30.5 Å². The van der Waals surface area contributed by atoms with Gasteiger partial charge >= 0.3 is 0 Å². The van der Waals surface area contributed by atoms with Crippen molar-refractivity contribution in [2.24, 2.45) is 0 Å². The average molecular weight is 195 g/mol. The SMILES string of the molecule is OC[C@]1(F)CNC[C@@H]1c1ccccc1. The minimum Gasteiger partial charge on any atom is -0.393 e. The summed E-state index contributed by atoms with van der Waals surface area (Å²) in [6.45, 7) is 0.420. The molecule has 0 spiro atoms. The maximum atomic E-state index is 14.1. The highest BCUT2D eigenvalue weighted by Gasteiger charge is 2.43. The number of rotatable bonds is 2. The molecule has 0 unspecified atom stereocenters. The van der Waals surface area contributed by atoms with E-state index >= 15 is 0 Å². The van der Waals surface area contributed by atoms with E-state index in [1.54, 1.807) is 0 Å². The van der Waals surface area contributed by atoms with Crippen LogP contribution in [0.5, 0.6) is 0 Å². The molecule has 1 aliphatic rings. The molecule has 14 heavy (non-hydrogen) atoms. The van der Waals surface area contributed by atoms with Gasteiger partial charge in [-0.1, -0.05) is 30.3 Å². The smallest absolute Gasteiger partial charge is 0.154 e. The number of nitrogens with one attached hydrogen (secondary N) is 1. The van der Waals surface area contributed by atoms with Gasteiger partial charge in [-0.25, -0.2) is 4.39 Å². The van der Waals surface area contributed by atoms with E-state index in [2.05, 4.69) is 5.32 Å². The van der Waals surface area contributed by atoms with Crippen LogP contribution in [0.1, 0.15) is 11.5 Å². The number of hydrogen-bond acceptors (Lipinski definition) is 2. The fourth-order valence-corrected chi connectivity index (χ4v) is 2.00. The minimum absolute atomic E-state index is 0.228. The summed E-state index contributed by atoms with van der Waals surface area (Å²) in [5.41, 5.74) is -0.546. The van der Waals surface area contributed by atoms with Crippen molar-refractivity contribution in [1.82, 2.24) is 5.32 Å². The lowest BCUT2D eigenvalue weighted by molar-refractivity contribution is 0.0739. The van der Waals surface area contributed by atoms with E-state index in [0.717, 1.165) is 5.56 Å². The van der Waals surface area contributed by atoms with Crippen molar-refractivity contribution in [3.8, 4) is 0 Å². The van der Waals surface area contributed by atoms with Crippen LogP contribution in [-0.2, 0) is 0 Å². The zero-order chi connectivity index (χ0) is 10.0. The molecular formula is C11H14FNO. The van der Waals surface area contributed by atoms with Crippen LogP contribution in [0.15, 0.2) is 30.3 Å². The van der Waals surface area contributed by atoms with Crippen molar-refractivity contribution >= 4 is 0 Å². The van der Waals surface area contributed by atoms with E-state index in [-0.39, 0.29) is 12.5 Å². The first-order chi connectivity index (χ1) is 6.76. The molecule has 0 aliphatic carbocycles. The molecule has 2 rings (SSSR count). The summed E-state index contributed by atoms with van der Waals surface area (Å²) in [6, 6.07) is 9.50. The second-order valence-electron chi connectivity index (χ2n) is 3.79. The summed E-state index contributed by atoms with van der Waals surface area (Å²) in [5.74, 6) is -0.228. The van der Waals surface area contributed by atoms with Crippen molar-refractivity contribution in [2.45, 2.75) is 11.6 Å². The Kier molecular flexibility index (Phi) is 2.52. The molecule has 1 aromatic rings. The van der Waals surface area contributed by atoms with Gasteiger partial charge in [0.05, 0.1) is 6.61 Å². The lowest BCUT2D eigenvalue weighted by Gasteiger charge is -2.24. The maximum absolute atomic E-state index is 14.1. The Morgan fingerprint density at radius 2 is 2.14 bits per heavy atom. The molecule has 3 heteroatoms. The van der Waals surface area contributed by atoms with Gasteiger partial charge in [0.1, 0.15) is 0 Å². The van der Waals surface area contributed by atoms with Crippen molar-refractivity contribution < 1.29 is 9.50 Å². The first-order valence-electron chi connectivity index (χ1n) is 4.82. The molecule has 1 heterocycles. The molecule has 2 atom stereocenters. The number of hydrogen-bond donors (Lipinski definition) is 2. The van der Waals surface area contributed by atoms with E-state index in [1.807, 2.05) is 30.3 Å². The minimum atomic E-state index is -1.50. The Balaban J connectivity index is 2.26. The highest BCUT2D eigenvalue weighted by atomic mass is 19.1. The van der Waals surface area contributed by atoms with Crippen LogP contribution in [0.3, 0.4) is 0 Å². The largest absolute Gasteiger partial charge is 0.393 e. The zero-order valence-electron chi connectivity index (χ0n) is 7.91. The van der Waals surface area contributed by atoms with Gasteiger partial charge in [-0.05, 0) is 5.56 Å². The van der Waals surface area contributed by atoms with Crippen LogP contribution < -0.4 is 5.32 Å². The molecule has 0 bridgehead atoms. The van der Waals surface area contributed by atoms with Crippen LogP contribution >= 0.6 is 0 Å². The number of alkyl halides is 1. The standard InChI is InChI=1S/C11H14FNO/c12-11(8-14)7-13-6-10(11)9-4-2-1-3-5-9/h1-5,10,13-14H,6-8H2/t10-,11-/m1/s1. The van der Waals surface area contributed by atoms with Gasteiger partial charge in [0.25, 0.3) is 0 Å². The highest BCUT2D eigenvalue weighted by molar-refractivity contribution is 5.25. The monoisotopic (exact) mass is 195 g/mol. The van der Waals surface area contributed by atoms with Crippen molar-refractivity contribution in [2.75, 3.05) is 19.7 Å². The van der Waals surface area contributed by atoms with Crippen molar-refractivity contribution in [3.63, 3.8) is 0 Å². The molecule has 0 radical (unpaired) electrons. The zero-order valence-corrected chi connectivity index (χ0v) is 7.91. The van der Waals surface area contributed by atoms with Crippen molar-refractivity contribution in [3.05, 3.63) is 35.9 Å². The Morgan fingerprint density at radius 3 is 2.79 bits per heavy atom. The van der Waals surface area contributed by atoms with E-state index in [0.29, 0.717) is 6.54 Å². The molecule has 0 aromatic heterocycles. The van der Waals surface area contributed by atoms with Crippen LogP contribution in [0.25, 0.3) is 0 Å². The first kappa shape index (κ1) is 9.62. The predicted molar refractivity (Wildman–Crippen MR) is 53.0 cm³/mol. The molecule has 1 saturated heterocycles. The van der Waals surface area contributed by atoms with Gasteiger partial charge in [0.2, 0.25) is 0 Å². The van der Waals surface area contributed by atoms with Crippen LogP contribution in [0.4, 0.5) is 4.39 Å². The summed E-state index contributed by atoms with van der Waals surface area (Å²) in [4.78, 5) is 0. The lowest BCUT2D eigenvalue weighted by atomic mass is 9.87. The van der Waals surface area contributed by atoms with Crippen LogP contribution in [0, 0.1) is 0 Å². The van der Waals surface area contributed by atoms with E-state index in [4.69, 9.17) is 5.11 Å². The van der Waals surface area contributed by atoms with E-state index in [1.165, 1.54) is 0 Å². The number of halogens is 1. The van der Waals surface area contributed by atoms with E-state index in [9.17, 15) is 4.39 Å². The molecular weight excluding hydrogens is 181 g/mol. The molecule has 2 N–H and O–H groups in total. The topological polar surface area (TPSA) is 32.3 Å². The third-order valence-corrected chi connectivity index (χ3v) is 2.86. The maximum Gasteiger partial charge on any atom is 0.154 e. The summed E-state index contributed by atoms with van der Waals surface area (Å²) in [7, 11) is 0. The van der Waals surface area contributed by atoms with Gasteiger partial charge in [-0.15, -0.1) is 0 Å². The number of aliphatic hydroxyl groups is 1. The predicted octanol–water partition coefficient (Wildman–Crippen LogP) is 1.07. The lowest BCUT2D eigenvalue weighted by Crippen LogP contribution is -2.35. The molecule has 1 aliphatic heterocycles. The molecule has 1 fully saturated rings. The van der Waals surface area contributed by atoms with Gasteiger partial charge in [0, 0.05) is 19.0 Å². The number of benzene rings is 1. The fraction of sp³-hybridized carbons (Fsp3) is 0.455. The van der Waals surface area contributed by atoms with Gasteiger partial charge in [-0.3, -0.25) is 0 Å². The van der Waals surface area contributed by atoms with Gasteiger partial charge in [-0.2, -0.15) is 0 Å². The third-order valence-electron chi connectivity index (χ3n) is 2.86. The Bertz CT molecular complexity index is 303. The fourth-order valence-electron chi connectivity index (χ4n) is 2.00. The molecule has 0 saturated carbocycles. The second-order valence-corrected chi connectivity index (χ2v) is 3.79.